The highest BCUT2D eigenvalue weighted by molar-refractivity contribution is 6.37. The maximum absolute atomic E-state index is 8.67. The number of nitrogens with zero attached hydrogens (tertiary/aromatic N) is 1. The first-order valence-electron chi connectivity index (χ1n) is 4.35. The molecule has 0 aromatic heterocycles. The third-order valence-electron chi connectivity index (χ3n) is 1.73. The fraction of sp³-hybridized carbons (Fsp3) is 0.300. The van der Waals surface area contributed by atoms with Crippen molar-refractivity contribution in [1.82, 2.24) is 5.32 Å². The lowest BCUT2D eigenvalue weighted by Gasteiger charge is -2.09. The summed E-state index contributed by atoms with van der Waals surface area (Å²) in [4.78, 5) is 0. The molecule has 0 saturated heterocycles. The molecule has 0 heterocycles. The van der Waals surface area contributed by atoms with Crippen LogP contribution in [0.5, 0.6) is 5.75 Å². The molecule has 0 atom stereocenters. The van der Waals surface area contributed by atoms with Gasteiger partial charge < -0.3 is 10.1 Å². The number of nitrogens with one attached hydrogen (secondary N) is 1. The first kappa shape index (κ1) is 12.1. The van der Waals surface area contributed by atoms with E-state index in [4.69, 9.17) is 33.2 Å². The van der Waals surface area contributed by atoms with Crippen molar-refractivity contribution in [2.24, 2.45) is 0 Å². The van der Waals surface area contributed by atoms with Crippen LogP contribution in [0.2, 0.25) is 10.0 Å². The standard InChI is InChI=1S/C10H10Cl2N2O/c1-14-2-3-15-10-8(11)4-7(6-13)5-9(10)12/h4-5,14H,2-3H2,1H3. The van der Waals surface area contributed by atoms with Crippen LogP contribution in [0.15, 0.2) is 12.1 Å². The van der Waals surface area contributed by atoms with Gasteiger partial charge in [-0.2, -0.15) is 5.26 Å². The Bertz CT molecular complexity index is 364. The number of ether oxygens (including phenoxy) is 1. The molecule has 80 valence electrons. The van der Waals surface area contributed by atoms with Gasteiger partial charge in [0.05, 0.1) is 21.7 Å². The van der Waals surface area contributed by atoms with Crippen LogP contribution in [0.25, 0.3) is 0 Å². The molecule has 0 unspecified atom stereocenters. The molecule has 0 fully saturated rings. The zero-order chi connectivity index (χ0) is 11.3. The summed E-state index contributed by atoms with van der Waals surface area (Å²) in [5.74, 6) is 0.424. The number of hydrogen-bond donors (Lipinski definition) is 1. The molecular formula is C10H10Cl2N2O. The van der Waals surface area contributed by atoms with Gasteiger partial charge in [0.1, 0.15) is 6.61 Å². The summed E-state index contributed by atoms with van der Waals surface area (Å²) < 4.78 is 5.37. The van der Waals surface area contributed by atoms with Crippen LogP contribution in [0, 0.1) is 11.3 Å². The Hall–Kier alpha value is -0.950. The number of likely N-dealkylation sites (N-methyl/N-ethyl adjacent to an activating group) is 1. The summed E-state index contributed by atoms with van der Waals surface area (Å²) in [5.41, 5.74) is 0.422. The van der Waals surface area contributed by atoms with E-state index in [0.29, 0.717) is 34.5 Å². The van der Waals surface area contributed by atoms with Gasteiger partial charge in [-0.25, -0.2) is 0 Å². The lowest BCUT2D eigenvalue weighted by atomic mass is 10.2. The van der Waals surface area contributed by atoms with Gasteiger partial charge >= 0.3 is 0 Å². The summed E-state index contributed by atoms with van der Waals surface area (Å²) in [5, 5.41) is 12.3. The molecule has 0 spiro atoms. The highest BCUT2D eigenvalue weighted by Gasteiger charge is 2.09. The average molecular weight is 245 g/mol. The highest BCUT2D eigenvalue weighted by Crippen LogP contribution is 2.33. The molecule has 1 rings (SSSR count). The van der Waals surface area contributed by atoms with Gasteiger partial charge in [0.2, 0.25) is 0 Å². The molecule has 5 heteroatoms. The molecule has 1 aromatic rings. The molecule has 0 aliphatic rings. The van der Waals surface area contributed by atoms with E-state index >= 15 is 0 Å². The molecule has 15 heavy (non-hydrogen) atoms. The minimum Gasteiger partial charge on any atom is -0.489 e. The fourth-order valence-corrected chi connectivity index (χ4v) is 1.61. The second-order valence-corrected chi connectivity index (χ2v) is 3.65. The van der Waals surface area contributed by atoms with E-state index in [1.165, 1.54) is 12.1 Å². The minimum absolute atomic E-state index is 0.357. The van der Waals surface area contributed by atoms with Gasteiger partial charge in [0.25, 0.3) is 0 Å². The Balaban J connectivity index is 2.85. The SMILES string of the molecule is CNCCOc1c(Cl)cc(C#N)cc1Cl. The van der Waals surface area contributed by atoms with Crippen molar-refractivity contribution < 1.29 is 4.74 Å². The van der Waals surface area contributed by atoms with E-state index in [9.17, 15) is 0 Å². The van der Waals surface area contributed by atoms with Crippen LogP contribution in [0.3, 0.4) is 0 Å². The predicted octanol–water partition coefficient (Wildman–Crippen LogP) is 2.46. The number of nitriles is 1. The van der Waals surface area contributed by atoms with E-state index in [-0.39, 0.29) is 0 Å². The monoisotopic (exact) mass is 244 g/mol. The summed E-state index contributed by atoms with van der Waals surface area (Å²) in [7, 11) is 1.82. The smallest absolute Gasteiger partial charge is 0.156 e. The maximum atomic E-state index is 8.67. The number of benzene rings is 1. The number of hydrogen-bond acceptors (Lipinski definition) is 3. The molecule has 0 aliphatic carbocycles. The Morgan fingerprint density at radius 3 is 2.47 bits per heavy atom. The van der Waals surface area contributed by atoms with Crippen molar-refractivity contribution in [2.45, 2.75) is 0 Å². The second-order valence-electron chi connectivity index (χ2n) is 2.83. The first-order valence-corrected chi connectivity index (χ1v) is 5.11. The van der Waals surface area contributed by atoms with Gasteiger partial charge in [-0.3, -0.25) is 0 Å². The van der Waals surface area contributed by atoms with Crippen molar-refractivity contribution in [3.8, 4) is 11.8 Å². The summed E-state index contributed by atoms with van der Waals surface area (Å²) in [6, 6.07) is 5.03. The van der Waals surface area contributed by atoms with Crippen molar-refractivity contribution >= 4 is 23.2 Å². The maximum Gasteiger partial charge on any atom is 0.156 e. The van der Waals surface area contributed by atoms with E-state index in [2.05, 4.69) is 5.32 Å². The van der Waals surface area contributed by atoms with Gasteiger partial charge in [-0.1, -0.05) is 23.2 Å². The topological polar surface area (TPSA) is 45.0 Å². The fourth-order valence-electron chi connectivity index (χ4n) is 1.02. The molecule has 0 bridgehead atoms. The molecule has 0 aliphatic heterocycles. The zero-order valence-corrected chi connectivity index (χ0v) is 9.69. The third kappa shape index (κ3) is 3.28. The van der Waals surface area contributed by atoms with E-state index in [1.807, 2.05) is 13.1 Å². The van der Waals surface area contributed by atoms with Gasteiger partial charge in [0, 0.05) is 6.54 Å². The van der Waals surface area contributed by atoms with Crippen molar-refractivity contribution in [2.75, 3.05) is 20.2 Å². The first-order chi connectivity index (χ1) is 7.19. The zero-order valence-electron chi connectivity index (χ0n) is 8.18. The third-order valence-corrected chi connectivity index (χ3v) is 2.29. The Morgan fingerprint density at radius 2 is 2.00 bits per heavy atom. The van der Waals surface area contributed by atoms with E-state index in [0.717, 1.165) is 0 Å². The number of rotatable bonds is 4. The van der Waals surface area contributed by atoms with E-state index < -0.39 is 0 Å². The average Bonchev–Trinajstić information content (AvgIpc) is 2.22. The van der Waals surface area contributed by atoms with Crippen molar-refractivity contribution in [1.29, 1.82) is 5.26 Å². The van der Waals surface area contributed by atoms with Crippen LogP contribution in [0.4, 0.5) is 0 Å². The number of halogens is 2. The minimum atomic E-state index is 0.357. The normalized spacial score (nSPS) is 9.73. The Labute approximate surface area is 98.6 Å². The second kappa shape index (κ2) is 5.82. The van der Waals surface area contributed by atoms with Crippen molar-refractivity contribution in [3.63, 3.8) is 0 Å². The van der Waals surface area contributed by atoms with Crippen LogP contribution < -0.4 is 10.1 Å². The van der Waals surface area contributed by atoms with Crippen LogP contribution in [-0.2, 0) is 0 Å². The summed E-state index contributed by atoms with van der Waals surface area (Å²) in [6.45, 7) is 1.18. The molecule has 0 saturated carbocycles. The summed E-state index contributed by atoms with van der Waals surface area (Å²) >= 11 is 11.8. The Kier molecular flexibility index (Phi) is 4.70. The molecule has 1 N–H and O–H groups in total. The molecule has 3 nitrogen and oxygen atoms in total. The lowest BCUT2D eigenvalue weighted by Crippen LogP contribution is -2.16. The van der Waals surface area contributed by atoms with Crippen LogP contribution in [-0.4, -0.2) is 20.2 Å². The van der Waals surface area contributed by atoms with Crippen LogP contribution in [0.1, 0.15) is 5.56 Å². The Morgan fingerprint density at radius 1 is 1.40 bits per heavy atom. The largest absolute Gasteiger partial charge is 0.489 e. The molecular weight excluding hydrogens is 235 g/mol. The van der Waals surface area contributed by atoms with Crippen molar-refractivity contribution in [3.05, 3.63) is 27.7 Å². The van der Waals surface area contributed by atoms with Gasteiger partial charge in [0.15, 0.2) is 5.75 Å². The van der Waals surface area contributed by atoms with Crippen LogP contribution >= 0.6 is 23.2 Å². The quantitative estimate of drug-likeness (QED) is 0.828. The molecule has 1 aromatic carbocycles. The predicted molar refractivity (Wildman–Crippen MR) is 60.6 cm³/mol. The summed E-state index contributed by atoms with van der Waals surface area (Å²) in [6.07, 6.45) is 0. The molecule has 0 radical (unpaired) electrons. The van der Waals surface area contributed by atoms with Gasteiger partial charge in [-0.05, 0) is 19.2 Å². The highest BCUT2D eigenvalue weighted by atomic mass is 35.5. The van der Waals surface area contributed by atoms with E-state index in [1.54, 1.807) is 0 Å². The lowest BCUT2D eigenvalue weighted by molar-refractivity contribution is 0.319. The molecule has 0 amide bonds. The van der Waals surface area contributed by atoms with Gasteiger partial charge in [-0.15, -0.1) is 0 Å².